The number of anilines is 1. The third-order valence-corrected chi connectivity index (χ3v) is 2.77. The van der Waals surface area contributed by atoms with Crippen molar-refractivity contribution >= 4 is 28.4 Å². The van der Waals surface area contributed by atoms with Crippen molar-refractivity contribution < 1.29 is 4.79 Å². The minimum atomic E-state index is -0.618. The molecule has 0 atom stereocenters. The van der Waals surface area contributed by atoms with Crippen LogP contribution in [0.5, 0.6) is 0 Å². The third-order valence-electron chi connectivity index (χ3n) is 2.77. The van der Waals surface area contributed by atoms with Crippen molar-refractivity contribution in [2.75, 3.05) is 5.73 Å². The first kappa shape index (κ1) is 9.64. The minimum absolute atomic E-state index is 0.108. The summed E-state index contributed by atoms with van der Waals surface area (Å²) in [6.07, 6.45) is 0. The van der Waals surface area contributed by atoms with Crippen molar-refractivity contribution in [3.63, 3.8) is 0 Å². The number of carbonyl (C=O) groups excluding carboxylic acids is 1. The summed E-state index contributed by atoms with van der Waals surface area (Å²) in [4.78, 5) is 11.3. The van der Waals surface area contributed by atoms with Crippen LogP contribution in [0, 0.1) is 0 Å². The zero-order valence-corrected chi connectivity index (χ0v) is 9.08. The Bertz CT molecular complexity index is 753. The summed E-state index contributed by atoms with van der Waals surface area (Å²) in [5.41, 5.74) is 13.3. The van der Waals surface area contributed by atoms with Crippen molar-refractivity contribution in [3.05, 3.63) is 24.0 Å². The fourth-order valence-electron chi connectivity index (χ4n) is 1.99. The summed E-state index contributed by atoms with van der Waals surface area (Å²) in [6.45, 7) is 0. The highest BCUT2D eigenvalue weighted by atomic mass is 16.1. The highest BCUT2D eigenvalue weighted by molar-refractivity contribution is 5.93. The molecule has 1 amide bonds. The average molecular weight is 230 g/mol. The van der Waals surface area contributed by atoms with Gasteiger partial charge in [0, 0.05) is 12.7 Å². The molecule has 86 valence electrons. The van der Waals surface area contributed by atoms with Gasteiger partial charge in [-0.1, -0.05) is 0 Å². The van der Waals surface area contributed by atoms with Crippen molar-refractivity contribution in [2.24, 2.45) is 12.8 Å². The molecule has 0 bridgehead atoms. The first-order chi connectivity index (χ1) is 8.09. The van der Waals surface area contributed by atoms with Gasteiger partial charge in [-0.2, -0.15) is 0 Å². The van der Waals surface area contributed by atoms with Crippen LogP contribution in [0.15, 0.2) is 18.2 Å². The van der Waals surface area contributed by atoms with Gasteiger partial charge in [-0.05, 0) is 18.2 Å². The molecule has 7 heteroatoms. The standard InChI is InChI=1S/C10H10N6O/c1-15-6-3-2-5(11)4-7(6)16-9(8(12)17)13-14-10(15)16/h2-4H,11H2,1H3,(H2,12,17). The van der Waals surface area contributed by atoms with Gasteiger partial charge in [0.1, 0.15) is 0 Å². The van der Waals surface area contributed by atoms with Gasteiger partial charge < -0.3 is 16.0 Å². The second-order valence-corrected chi connectivity index (χ2v) is 3.83. The monoisotopic (exact) mass is 230 g/mol. The number of hydrogen-bond acceptors (Lipinski definition) is 4. The maximum atomic E-state index is 11.3. The fraction of sp³-hybridized carbons (Fsp3) is 0.100. The maximum Gasteiger partial charge on any atom is 0.287 e. The molecule has 0 aliphatic heterocycles. The molecular formula is C10H10N6O. The fourth-order valence-corrected chi connectivity index (χ4v) is 1.99. The lowest BCUT2D eigenvalue weighted by atomic mass is 10.3. The van der Waals surface area contributed by atoms with Crippen LogP contribution in [0.25, 0.3) is 16.8 Å². The number of amides is 1. The number of fused-ring (bicyclic) bond motifs is 3. The van der Waals surface area contributed by atoms with Gasteiger partial charge in [0.05, 0.1) is 11.0 Å². The molecule has 0 fully saturated rings. The average Bonchev–Trinajstić information content (AvgIpc) is 2.80. The van der Waals surface area contributed by atoms with Crippen LogP contribution in [0.1, 0.15) is 10.6 Å². The van der Waals surface area contributed by atoms with Gasteiger partial charge in [-0.3, -0.25) is 9.20 Å². The minimum Gasteiger partial charge on any atom is -0.399 e. The van der Waals surface area contributed by atoms with E-state index < -0.39 is 5.91 Å². The molecule has 0 radical (unpaired) electrons. The molecule has 0 aliphatic rings. The molecule has 0 unspecified atom stereocenters. The van der Waals surface area contributed by atoms with Crippen molar-refractivity contribution in [1.82, 2.24) is 19.2 Å². The highest BCUT2D eigenvalue weighted by Gasteiger charge is 2.17. The van der Waals surface area contributed by atoms with E-state index in [0.717, 1.165) is 11.0 Å². The Labute approximate surface area is 95.6 Å². The Morgan fingerprint density at radius 2 is 2.06 bits per heavy atom. The lowest BCUT2D eigenvalue weighted by Gasteiger charge is -1.96. The summed E-state index contributed by atoms with van der Waals surface area (Å²) in [5.74, 6) is 0.0445. The molecule has 2 heterocycles. The van der Waals surface area contributed by atoms with Crippen LogP contribution in [0.2, 0.25) is 0 Å². The third kappa shape index (κ3) is 1.13. The molecule has 1 aromatic carbocycles. The van der Waals surface area contributed by atoms with E-state index in [1.807, 2.05) is 17.7 Å². The van der Waals surface area contributed by atoms with Crippen molar-refractivity contribution in [3.8, 4) is 0 Å². The summed E-state index contributed by atoms with van der Waals surface area (Å²) < 4.78 is 3.43. The molecular weight excluding hydrogens is 220 g/mol. The van der Waals surface area contributed by atoms with Gasteiger partial charge in [0.25, 0.3) is 5.91 Å². The number of benzene rings is 1. The zero-order valence-electron chi connectivity index (χ0n) is 9.08. The lowest BCUT2D eigenvalue weighted by molar-refractivity contribution is 0.0990. The maximum absolute atomic E-state index is 11.3. The molecule has 3 aromatic rings. The Kier molecular flexibility index (Phi) is 1.68. The smallest absolute Gasteiger partial charge is 0.287 e. The first-order valence-corrected chi connectivity index (χ1v) is 4.98. The second-order valence-electron chi connectivity index (χ2n) is 3.83. The molecule has 17 heavy (non-hydrogen) atoms. The number of aromatic nitrogens is 4. The Hall–Kier alpha value is -2.57. The van der Waals surface area contributed by atoms with Crippen LogP contribution in [0.3, 0.4) is 0 Å². The van der Waals surface area contributed by atoms with Crippen LogP contribution in [-0.2, 0) is 7.05 Å². The first-order valence-electron chi connectivity index (χ1n) is 4.98. The van der Waals surface area contributed by atoms with Gasteiger partial charge in [0.15, 0.2) is 0 Å². The van der Waals surface area contributed by atoms with Crippen LogP contribution >= 0.6 is 0 Å². The summed E-state index contributed by atoms with van der Waals surface area (Å²) in [5, 5.41) is 7.71. The van der Waals surface area contributed by atoms with Crippen molar-refractivity contribution in [1.29, 1.82) is 0 Å². The van der Waals surface area contributed by atoms with E-state index in [9.17, 15) is 4.79 Å². The normalized spacial score (nSPS) is 11.4. The molecule has 0 saturated heterocycles. The number of rotatable bonds is 1. The predicted octanol–water partition coefficient (Wildman–Crippen LogP) is -0.0979. The van der Waals surface area contributed by atoms with Crippen LogP contribution < -0.4 is 11.5 Å². The van der Waals surface area contributed by atoms with Gasteiger partial charge >= 0.3 is 0 Å². The molecule has 0 spiro atoms. The van der Waals surface area contributed by atoms with E-state index in [0.29, 0.717) is 11.5 Å². The van der Waals surface area contributed by atoms with E-state index in [4.69, 9.17) is 11.5 Å². The molecule has 7 nitrogen and oxygen atoms in total. The predicted molar refractivity (Wildman–Crippen MR) is 62.4 cm³/mol. The lowest BCUT2D eigenvalue weighted by Crippen LogP contribution is -2.15. The highest BCUT2D eigenvalue weighted by Crippen LogP contribution is 2.22. The van der Waals surface area contributed by atoms with Crippen LogP contribution in [0.4, 0.5) is 5.69 Å². The second kappa shape index (κ2) is 2.97. The van der Waals surface area contributed by atoms with Gasteiger partial charge in [0.2, 0.25) is 11.6 Å². The summed E-state index contributed by atoms with van der Waals surface area (Å²) in [7, 11) is 1.84. The van der Waals surface area contributed by atoms with Gasteiger partial charge in [-0.15, -0.1) is 10.2 Å². The Balaban J connectivity index is 2.58. The number of nitrogen functional groups attached to an aromatic ring is 1. The van der Waals surface area contributed by atoms with Gasteiger partial charge in [-0.25, -0.2) is 0 Å². The Morgan fingerprint density at radius 3 is 2.76 bits per heavy atom. The number of aryl methyl sites for hydroxylation is 1. The number of carbonyl (C=O) groups is 1. The molecule has 4 N–H and O–H groups in total. The van der Waals surface area contributed by atoms with Crippen LogP contribution in [-0.4, -0.2) is 25.1 Å². The number of nitrogens with two attached hydrogens (primary N) is 2. The van der Waals surface area contributed by atoms with E-state index >= 15 is 0 Å². The van der Waals surface area contributed by atoms with E-state index in [2.05, 4.69) is 10.2 Å². The topological polar surface area (TPSA) is 104 Å². The SMILES string of the molecule is Cn1c2ccc(N)cc2n2c(C(N)=O)nnc12. The van der Waals surface area contributed by atoms with E-state index in [1.54, 1.807) is 16.5 Å². The summed E-state index contributed by atoms with van der Waals surface area (Å²) in [6, 6.07) is 5.42. The molecule has 3 rings (SSSR count). The number of imidazole rings is 1. The molecule has 2 aromatic heterocycles. The number of primary amides is 1. The zero-order chi connectivity index (χ0) is 12.2. The molecule has 0 saturated carbocycles. The number of nitrogens with zero attached hydrogens (tertiary/aromatic N) is 4. The summed E-state index contributed by atoms with van der Waals surface area (Å²) >= 11 is 0. The molecule has 0 aliphatic carbocycles. The number of hydrogen-bond donors (Lipinski definition) is 2. The largest absolute Gasteiger partial charge is 0.399 e. The van der Waals surface area contributed by atoms with E-state index in [1.165, 1.54) is 0 Å². The van der Waals surface area contributed by atoms with E-state index in [-0.39, 0.29) is 5.82 Å². The van der Waals surface area contributed by atoms with Crippen molar-refractivity contribution in [2.45, 2.75) is 0 Å². The quantitative estimate of drug-likeness (QED) is 0.569. The Morgan fingerprint density at radius 1 is 1.29 bits per heavy atom.